The van der Waals surface area contributed by atoms with Crippen LogP contribution in [0, 0.1) is 17.3 Å². The van der Waals surface area contributed by atoms with Gasteiger partial charge in [-0.1, -0.05) is 22.9 Å². The number of hydrogen-bond acceptors (Lipinski definition) is 4. The molecule has 1 aromatic carbocycles. The number of halogens is 2. The molecule has 1 atom stereocenters. The van der Waals surface area contributed by atoms with Crippen molar-refractivity contribution in [3.05, 3.63) is 34.6 Å². The van der Waals surface area contributed by atoms with Crippen LogP contribution in [0.3, 0.4) is 0 Å². The second kappa shape index (κ2) is 7.19. The minimum atomic E-state index is -0.568. The highest BCUT2D eigenvalue weighted by atomic mass is 35.5. The van der Waals surface area contributed by atoms with E-state index in [0.717, 1.165) is 30.7 Å². The number of urea groups is 1. The molecule has 2 bridgehead atoms. The van der Waals surface area contributed by atoms with Gasteiger partial charge >= 0.3 is 6.03 Å². The van der Waals surface area contributed by atoms with Crippen LogP contribution in [0.1, 0.15) is 44.2 Å². The molecule has 0 radical (unpaired) electrons. The normalized spacial score (nSPS) is 24.3. The minimum absolute atomic E-state index is 0.00708. The zero-order valence-corrected chi connectivity index (χ0v) is 15.1. The Morgan fingerprint density at radius 2 is 2.23 bits per heavy atom. The molecule has 0 aromatic heterocycles. The number of carbonyl (C=O) groups excluding carboxylic acids is 2. The van der Waals surface area contributed by atoms with Gasteiger partial charge in [0.05, 0.1) is 11.1 Å². The van der Waals surface area contributed by atoms with Gasteiger partial charge in [-0.3, -0.25) is 4.79 Å². The maximum absolute atomic E-state index is 13.5. The van der Waals surface area contributed by atoms with Crippen LogP contribution in [0.2, 0.25) is 5.02 Å². The number of amides is 3. The van der Waals surface area contributed by atoms with Gasteiger partial charge in [0.1, 0.15) is 12.4 Å². The molecule has 0 aliphatic heterocycles. The molecule has 3 N–H and O–H groups in total. The first-order valence-corrected chi connectivity index (χ1v) is 8.91. The van der Waals surface area contributed by atoms with Gasteiger partial charge in [-0.25, -0.2) is 9.18 Å². The summed E-state index contributed by atoms with van der Waals surface area (Å²) in [5.74, 6) is -0.378. The Morgan fingerprint density at radius 3 is 2.81 bits per heavy atom. The summed E-state index contributed by atoms with van der Waals surface area (Å²) in [6.07, 6.45) is 3.94. The van der Waals surface area contributed by atoms with Crippen molar-refractivity contribution in [1.29, 1.82) is 5.53 Å². The van der Waals surface area contributed by atoms with Gasteiger partial charge in [0.2, 0.25) is 5.91 Å². The van der Waals surface area contributed by atoms with E-state index in [9.17, 15) is 14.0 Å². The number of fused-ring (bicyclic) bond motifs is 1. The van der Waals surface area contributed by atoms with Crippen molar-refractivity contribution in [2.24, 2.45) is 11.1 Å². The average molecular weight is 382 g/mol. The maximum atomic E-state index is 13.5. The molecule has 1 aromatic rings. The predicted octanol–water partition coefficient (Wildman–Crippen LogP) is 3.56. The Balaban J connectivity index is 1.54. The Kier molecular flexibility index (Phi) is 5.13. The molecule has 3 aliphatic rings. The summed E-state index contributed by atoms with van der Waals surface area (Å²) in [5, 5.41) is 9.53. The monoisotopic (exact) mass is 381 g/mol. The largest absolute Gasteiger partial charge is 0.348 e. The zero-order chi connectivity index (χ0) is 18.9. The first-order valence-electron chi connectivity index (χ1n) is 8.53. The van der Waals surface area contributed by atoms with E-state index in [4.69, 9.17) is 17.1 Å². The highest BCUT2D eigenvalue weighted by Gasteiger charge is 2.51. The fourth-order valence-electron chi connectivity index (χ4n) is 3.83. The lowest BCUT2D eigenvalue weighted by molar-refractivity contribution is -0.122. The summed E-state index contributed by atoms with van der Waals surface area (Å²) in [7, 11) is 0. The highest BCUT2D eigenvalue weighted by Crippen LogP contribution is 2.51. The first kappa shape index (κ1) is 18.6. The van der Waals surface area contributed by atoms with Crippen molar-refractivity contribution in [3.8, 4) is 0 Å². The molecule has 3 aliphatic carbocycles. The lowest BCUT2D eigenvalue weighted by Gasteiger charge is -2.39. The summed E-state index contributed by atoms with van der Waals surface area (Å²) in [6, 6.07) is 3.26. The SMILES string of the molecule is C[C@H](NC(=O)CN(N=N)C(=O)NC12CCC(C1)C2)c1ccc(Cl)c(F)c1. The zero-order valence-electron chi connectivity index (χ0n) is 14.4. The topological polar surface area (TPSA) is 97.7 Å². The maximum Gasteiger partial charge on any atom is 0.340 e. The van der Waals surface area contributed by atoms with Crippen LogP contribution in [-0.4, -0.2) is 29.0 Å². The Bertz CT molecular complexity index is 732. The van der Waals surface area contributed by atoms with Crippen LogP contribution < -0.4 is 10.6 Å². The third-order valence-electron chi connectivity index (χ3n) is 5.23. The summed E-state index contributed by atoms with van der Waals surface area (Å²) in [6.45, 7) is 1.31. The van der Waals surface area contributed by atoms with E-state index >= 15 is 0 Å². The Morgan fingerprint density at radius 1 is 1.50 bits per heavy atom. The van der Waals surface area contributed by atoms with Crippen molar-refractivity contribution in [2.45, 2.75) is 44.2 Å². The molecule has 3 saturated carbocycles. The van der Waals surface area contributed by atoms with E-state index in [0.29, 0.717) is 11.5 Å². The lowest BCUT2D eigenvalue weighted by atomic mass is 9.77. The van der Waals surface area contributed by atoms with Crippen molar-refractivity contribution in [1.82, 2.24) is 15.6 Å². The second-order valence-electron chi connectivity index (χ2n) is 7.14. The van der Waals surface area contributed by atoms with Crippen LogP contribution in [0.4, 0.5) is 9.18 Å². The van der Waals surface area contributed by atoms with E-state index in [1.807, 2.05) is 0 Å². The standard InChI is InChI=1S/C17H21ClFN5O2/c1-10(12-2-3-13(18)14(19)6-12)21-15(25)9-24(23-20)16(26)22-17-5-4-11(7-17)8-17/h2-3,6,10-11,20H,4-5,7-9H2,1H3,(H,21,25)(H,22,26)/t10-,11?,17?/m0/s1. The van der Waals surface area contributed by atoms with Crippen LogP contribution >= 0.6 is 11.6 Å². The van der Waals surface area contributed by atoms with Gasteiger partial charge < -0.3 is 10.6 Å². The number of carbonyl (C=O) groups is 2. The summed E-state index contributed by atoms with van der Waals surface area (Å²) >= 11 is 5.65. The number of nitrogens with one attached hydrogen (secondary N) is 3. The van der Waals surface area contributed by atoms with E-state index in [-0.39, 0.29) is 17.1 Å². The molecular weight excluding hydrogens is 361 g/mol. The van der Waals surface area contributed by atoms with E-state index in [2.05, 4.69) is 15.9 Å². The van der Waals surface area contributed by atoms with Crippen molar-refractivity contribution < 1.29 is 14.0 Å². The van der Waals surface area contributed by atoms with Crippen LogP contribution in [0.15, 0.2) is 23.4 Å². The number of rotatable bonds is 6. The number of hydrogen-bond donors (Lipinski definition) is 3. The van der Waals surface area contributed by atoms with E-state index < -0.39 is 23.8 Å². The number of nitrogens with zero attached hydrogens (tertiary/aromatic N) is 2. The molecule has 0 saturated heterocycles. The molecular formula is C17H21ClFN5O2. The molecule has 3 fully saturated rings. The van der Waals surface area contributed by atoms with Gasteiger partial charge in [0.25, 0.3) is 0 Å². The summed E-state index contributed by atoms with van der Waals surface area (Å²) in [4.78, 5) is 24.5. The first-order chi connectivity index (χ1) is 12.3. The fraction of sp³-hybridized carbons (Fsp3) is 0.529. The Labute approximate surface area is 155 Å². The van der Waals surface area contributed by atoms with Gasteiger partial charge in [-0.05, 0) is 56.2 Å². The van der Waals surface area contributed by atoms with Gasteiger partial charge in [-0.15, -0.1) is 0 Å². The third-order valence-corrected chi connectivity index (χ3v) is 5.54. The lowest BCUT2D eigenvalue weighted by Crippen LogP contribution is -2.55. The second-order valence-corrected chi connectivity index (χ2v) is 7.55. The van der Waals surface area contributed by atoms with Crippen molar-refractivity contribution in [2.75, 3.05) is 6.54 Å². The highest BCUT2D eigenvalue weighted by molar-refractivity contribution is 6.30. The van der Waals surface area contributed by atoms with Crippen molar-refractivity contribution in [3.63, 3.8) is 0 Å². The van der Waals surface area contributed by atoms with Gasteiger partial charge in [-0.2, -0.15) is 10.5 Å². The smallest absolute Gasteiger partial charge is 0.340 e. The quantitative estimate of drug-likeness (QED) is 0.518. The summed E-state index contributed by atoms with van der Waals surface area (Å²) in [5.41, 5.74) is 7.54. The van der Waals surface area contributed by atoms with Crippen LogP contribution in [0.5, 0.6) is 0 Å². The van der Waals surface area contributed by atoms with Crippen molar-refractivity contribution >= 4 is 23.5 Å². The third kappa shape index (κ3) is 3.80. The molecule has 9 heteroatoms. The fourth-order valence-corrected chi connectivity index (χ4v) is 3.95. The van der Waals surface area contributed by atoms with Crippen LogP contribution in [-0.2, 0) is 4.79 Å². The summed E-state index contributed by atoms with van der Waals surface area (Å²) < 4.78 is 13.5. The number of benzene rings is 1. The van der Waals surface area contributed by atoms with E-state index in [1.165, 1.54) is 12.1 Å². The average Bonchev–Trinajstić information content (AvgIpc) is 3.15. The molecule has 140 valence electrons. The van der Waals surface area contributed by atoms with Gasteiger partial charge in [0.15, 0.2) is 0 Å². The molecule has 26 heavy (non-hydrogen) atoms. The molecule has 7 nitrogen and oxygen atoms in total. The molecule has 3 amide bonds. The molecule has 0 spiro atoms. The molecule has 0 heterocycles. The molecule has 0 unspecified atom stereocenters. The van der Waals surface area contributed by atoms with Gasteiger partial charge in [0, 0.05) is 5.54 Å². The van der Waals surface area contributed by atoms with E-state index in [1.54, 1.807) is 13.0 Å². The Hall–Kier alpha value is -2.22. The predicted molar refractivity (Wildman–Crippen MR) is 93.0 cm³/mol. The molecule has 4 rings (SSSR count). The minimum Gasteiger partial charge on any atom is -0.348 e. The van der Waals surface area contributed by atoms with Crippen LogP contribution in [0.25, 0.3) is 0 Å².